The van der Waals surface area contributed by atoms with Crippen molar-refractivity contribution in [1.82, 2.24) is 0 Å². The number of ether oxygens (including phenoxy) is 2. The molecule has 0 spiro atoms. The lowest BCUT2D eigenvalue weighted by atomic mass is 9.96. The van der Waals surface area contributed by atoms with Crippen LogP contribution in [0.2, 0.25) is 0 Å². The van der Waals surface area contributed by atoms with Crippen LogP contribution in [0.15, 0.2) is 91.0 Å². The molecule has 0 aliphatic carbocycles. The number of para-hydroxylation sites is 1. The summed E-state index contributed by atoms with van der Waals surface area (Å²) in [4.78, 5) is 0. The average Bonchev–Trinajstić information content (AvgIpc) is 2.79. The van der Waals surface area contributed by atoms with E-state index in [4.69, 9.17) is 9.47 Å². The first kappa shape index (κ1) is 19.1. The summed E-state index contributed by atoms with van der Waals surface area (Å²) in [7, 11) is 0. The van der Waals surface area contributed by atoms with Gasteiger partial charge in [-0.25, -0.2) is 0 Å². The van der Waals surface area contributed by atoms with Crippen LogP contribution in [0.3, 0.4) is 0 Å². The highest BCUT2D eigenvalue weighted by atomic mass is 16.7. The van der Waals surface area contributed by atoms with Gasteiger partial charge in [0.25, 0.3) is 0 Å². The normalized spacial score (nSPS) is 11.9. The zero-order chi connectivity index (χ0) is 20.1. The van der Waals surface area contributed by atoms with Crippen LogP contribution < -0.4 is 9.47 Å². The molecule has 2 heteroatoms. The molecule has 0 radical (unpaired) electrons. The summed E-state index contributed by atoms with van der Waals surface area (Å²) in [5, 5.41) is 2.42. The second-order valence-corrected chi connectivity index (χ2v) is 7.35. The van der Waals surface area contributed by atoms with E-state index in [-0.39, 0.29) is 6.79 Å². The van der Waals surface area contributed by atoms with Crippen LogP contribution in [0.1, 0.15) is 31.7 Å². The Labute approximate surface area is 172 Å². The smallest absolute Gasteiger partial charge is 0.230 e. The highest BCUT2D eigenvalue weighted by Gasteiger charge is 2.07. The lowest BCUT2D eigenvalue weighted by Gasteiger charge is -2.13. The van der Waals surface area contributed by atoms with Crippen LogP contribution in [-0.2, 0) is 0 Å². The largest absolute Gasteiger partial charge is 0.457 e. The number of fused-ring (bicyclic) bond motifs is 1. The highest BCUT2D eigenvalue weighted by molar-refractivity contribution is 5.84. The summed E-state index contributed by atoms with van der Waals surface area (Å²) >= 11 is 0. The molecule has 0 saturated heterocycles. The molecule has 0 fully saturated rings. The summed E-state index contributed by atoms with van der Waals surface area (Å²) in [5.74, 6) is 2.21. The molecule has 146 valence electrons. The molecule has 0 heterocycles. The van der Waals surface area contributed by atoms with Crippen molar-refractivity contribution in [3.63, 3.8) is 0 Å². The molecule has 1 unspecified atom stereocenters. The van der Waals surface area contributed by atoms with E-state index >= 15 is 0 Å². The van der Waals surface area contributed by atoms with Crippen LogP contribution in [0.25, 0.3) is 21.9 Å². The van der Waals surface area contributed by atoms with Gasteiger partial charge in [-0.3, -0.25) is 0 Å². The standard InChI is InChI=1S/C27H26O2/c1-3-20(2)22-13-14-24-18-25(16-15-23(24)17-22)28-19-29-27-12-8-7-11-26(27)21-9-5-4-6-10-21/h4-18,20H,3,19H2,1-2H3. The predicted molar refractivity (Wildman–Crippen MR) is 121 cm³/mol. The molecule has 4 aromatic carbocycles. The summed E-state index contributed by atoms with van der Waals surface area (Å²) in [6.45, 7) is 4.66. The molecule has 0 bridgehead atoms. The second-order valence-electron chi connectivity index (χ2n) is 7.35. The van der Waals surface area contributed by atoms with Crippen molar-refractivity contribution in [3.05, 3.63) is 96.6 Å². The molecule has 0 amide bonds. The predicted octanol–water partition coefficient (Wildman–Crippen LogP) is 7.44. The van der Waals surface area contributed by atoms with E-state index in [9.17, 15) is 0 Å². The van der Waals surface area contributed by atoms with Gasteiger partial charge >= 0.3 is 0 Å². The minimum absolute atomic E-state index is 0.167. The molecule has 0 N–H and O–H groups in total. The molecule has 29 heavy (non-hydrogen) atoms. The number of hydrogen-bond donors (Lipinski definition) is 0. The van der Waals surface area contributed by atoms with Gasteiger partial charge in [0, 0.05) is 5.56 Å². The van der Waals surface area contributed by atoms with Gasteiger partial charge in [-0.1, -0.05) is 86.6 Å². The molecule has 0 aliphatic heterocycles. The Morgan fingerprint density at radius 3 is 2.28 bits per heavy atom. The number of rotatable bonds is 7. The molecule has 2 nitrogen and oxygen atoms in total. The molecule has 0 aliphatic rings. The van der Waals surface area contributed by atoms with Crippen LogP contribution >= 0.6 is 0 Å². The van der Waals surface area contributed by atoms with Crippen molar-refractivity contribution < 1.29 is 9.47 Å². The fourth-order valence-corrected chi connectivity index (χ4v) is 3.48. The third-order valence-corrected chi connectivity index (χ3v) is 5.43. The van der Waals surface area contributed by atoms with Gasteiger partial charge in [0.1, 0.15) is 11.5 Å². The Hall–Kier alpha value is -3.26. The molecule has 0 aromatic heterocycles. The monoisotopic (exact) mass is 382 g/mol. The highest BCUT2D eigenvalue weighted by Crippen LogP contribution is 2.30. The summed E-state index contributed by atoms with van der Waals surface area (Å²) in [6.07, 6.45) is 1.15. The van der Waals surface area contributed by atoms with Gasteiger partial charge in [0.2, 0.25) is 6.79 Å². The molecule has 1 atom stereocenters. The lowest BCUT2D eigenvalue weighted by molar-refractivity contribution is 0.120. The van der Waals surface area contributed by atoms with Crippen LogP contribution in [0, 0.1) is 0 Å². The first-order valence-corrected chi connectivity index (χ1v) is 10.2. The molecule has 4 rings (SSSR count). The third kappa shape index (κ3) is 4.43. The Balaban J connectivity index is 1.46. The summed E-state index contributed by atoms with van der Waals surface area (Å²) in [5.41, 5.74) is 3.58. The molecular formula is C27H26O2. The van der Waals surface area contributed by atoms with Gasteiger partial charge in [-0.15, -0.1) is 0 Å². The van der Waals surface area contributed by atoms with E-state index in [1.165, 1.54) is 16.3 Å². The maximum absolute atomic E-state index is 5.95. The van der Waals surface area contributed by atoms with E-state index in [1.807, 2.05) is 42.5 Å². The number of benzene rings is 4. The van der Waals surface area contributed by atoms with Crippen molar-refractivity contribution in [3.8, 4) is 22.6 Å². The van der Waals surface area contributed by atoms with E-state index in [2.05, 4.69) is 62.4 Å². The topological polar surface area (TPSA) is 18.5 Å². The average molecular weight is 383 g/mol. The van der Waals surface area contributed by atoms with E-state index < -0.39 is 0 Å². The first-order chi connectivity index (χ1) is 14.2. The Morgan fingerprint density at radius 2 is 1.45 bits per heavy atom. The fourth-order valence-electron chi connectivity index (χ4n) is 3.48. The van der Waals surface area contributed by atoms with Crippen LogP contribution in [0.5, 0.6) is 11.5 Å². The van der Waals surface area contributed by atoms with Crippen molar-refractivity contribution >= 4 is 10.8 Å². The summed E-state index contributed by atoms with van der Waals surface area (Å²) < 4.78 is 11.8. The van der Waals surface area contributed by atoms with Crippen LogP contribution in [0.4, 0.5) is 0 Å². The molecular weight excluding hydrogens is 356 g/mol. The van der Waals surface area contributed by atoms with Crippen molar-refractivity contribution in [1.29, 1.82) is 0 Å². The lowest BCUT2D eigenvalue weighted by Crippen LogP contribution is -2.06. The van der Waals surface area contributed by atoms with E-state index in [0.717, 1.165) is 29.0 Å². The first-order valence-electron chi connectivity index (χ1n) is 10.2. The Bertz CT molecular complexity index is 1090. The zero-order valence-corrected chi connectivity index (χ0v) is 17.0. The maximum atomic E-state index is 5.95. The summed E-state index contributed by atoms with van der Waals surface area (Å²) in [6, 6.07) is 31.2. The SMILES string of the molecule is CCC(C)c1ccc2cc(OCOc3ccccc3-c3ccccc3)ccc2c1. The quantitative estimate of drug-likeness (QED) is 0.309. The van der Waals surface area contributed by atoms with Crippen molar-refractivity contribution in [2.45, 2.75) is 26.2 Å². The number of hydrogen-bond acceptors (Lipinski definition) is 2. The van der Waals surface area contributed by atoms with Crippen LogP contribution in [-0.4, -0.2) is 6.79 Å². The van der Waals surface area contributed by atoms with Crippen molar-refractivity contribution in [2.75, 3.05) is 6.79 Å². The van der Waals surface area contributed by atoms with Gasteiger partial charge in [-0.2, -0.15) is 0 Å². The van der Waals surface area contributed by atoms with Gasteiger partial charge in [-0.05, 0) is 52.4 Å². The Morgan fingerprint density at radius 1 is 0.724 bits per heavy atom. The molecule has 4 aromatic rings. The van der Waals surface area contributed by atoms with Gasteiger partial charge in [0.15, 0.2) is 0 Å². The zero-order valence-electron chi connectivity index (χ0n) is 17.0. The van der Waals surface area contributed by atoms with E-state index in [0.29, 0.717) is 5.92 Å². The molecule has 0 saturated carbocycles. The van der Waals surface area contributed by atoms with Gasteiger partial charge < -0.3 is 9.47 Å². The minimum atomic E-state index is 0.167. The third-order valence-electron chi connectivity index (χ3n) is 5.43. The van der Waals surface area contributed by atoms with Crippen molar-refractivity contribution in [2.24, 2.45) is 0 Å². The van der Waals surface area contributed by atoms with Gasteiger partial charge in [0.05, 0.1) is 0 Å². The Kier molecular flexibility index (Phi) is 5.81. The fraction of sp³-hybridized carbons (Fsp3) is 0.185. The van der Waals surface area contributed by atoms with E-state index in [1.54, 1.807) is 0 Å². The maximum Gasteiger partial charge on any atom is 0.230 e. The second kappa shape index (κ2) is 8.83. The minimum Gasteiger partial charge on any atom is -0.457 e.